The minimum absolute atomic E-state index is 0.122. The van der Waals surface area contributed by atoms with E-state index in [4.69, 9.17) is 0 Å². The van der Waals surface area contributed by atoms with Gasteiger partial charge in [0.1, 0.15) is 5.82 Å². The fraction of sp³-hybridized carbons (Fsp3) is 0.667. The summed E-state index contributed by atoms with van der Waals surface area (Å²) in [6.45, 7) is 7.92. The van der Waals surface area contributed by atoms with Crippen molar-refractivity contribution in [3.8, 4) is 0 Å². The van der Waals surface area contributed by atoms with Gasteiger partial charge in [-0.3, -0.25) is 4.79 Å². The van der Waals surface area contributed by atoms with Crippen LogP contribution in [-0.4, -0.2) is 54.1 Å². The molecule has 2 aliphatic rings. The molecular weight excluding hydrogens is 288 g/mol. The van der Waals surface area contributed by atoms with E-state index in [2.05, 4.69) is 29.0 Å². The van der Waals surface area contributed by atoms with Crippen LogP contribution in [0.3, 0.4) is 0 Å². The average molecular weight is 316 g/mol. The third-order valence-electron chi connectivity index (χ3n) is 5.00. The Morgan fingerprint density at radius 3 is 2.83 bits per heavy atom. The summed E-state index contributed by atoms with van der Waals surface area (Å²) in [5, 5.41) is 3.62. The Morgan fingerprint density at radius 1 is 1.30 bits per heavy atom. The van der Waals surface area contributed by atoms with Crippen LogP contribution in [0.15, 0.2) is 18.3 Å². The molecule has 2 atom stereocenters. The van der Waals surface area contributed by atoms with Crippen molar-refractivity contribution in [3.63, 3.8) is 0 Å². The van der Waals surface area contributed by atoms with Crippen molar-refractivity contribution in [2.75, 3.05) is 31.1 Å². The van der Waals surface area contributed by atoms with Crippen LogP contribution in [0.4, 0.5) is 5.82 Å². The molecule has 1 N–H and O–H groups in total. The van der Waals surface area contributed by atoms with Gasteiger partial charge in [0.25, 0.3) is 5.91 Å². The number of fused-ring (bicyclic) bond motifs is 2. The van der Waals surface area contributed by atoms with E-state index < -0.39 is 0 Å². The standard InChI is InChI=1S/C18H28N4O/c1-3-10-21(4-2)17-8-5-14(12-19-17)18(23)22-11-9-15-6-7-16(13-22)20-15/h5,8,12,15-16,20H,3-4,6-7,9-11,13H2,1-2H3. The summed E-state index contributed by atoms with van der Waals surface area (Å²) in [5.74, 6) is 1.08. The average Bonchev–Trinajstić information content (AvgIpc) is 2.91. The number of likely N-dealkylation sites (tertiary alicyclic amines) is 1. The first-order valence-electron chi connectivity index (χ1n) is 8.97. The van der Waals surface area contributed by atoms with Gasteiger partial charge in [-0.15, -0.1) is 0 Å². The Kier molecular flexibility index (Phi) is 5.16. The minimum atomic E-state index is 0.122. The number of nitrogens with one attached hydrogen (secondary N) is 1. The summed E-state index contributed by atoms with van der Waals surface area (Å²) in [6.07, 6.45) is 6.35. The van der Waals surface area contributed by atoms with Crippen LogP contribution >= 0.6 is 0 Å². The molecule has 5 heteroatoms. The maximum atomic E-state index is 12.7. The SMILES string of the molecule is CCCN(CC)c1ccc(C(=O)N2CCC3CCC(C2)N3)cn1. The van der Waals surface area contributed by atoms with E-state index in [1.807, 2.05) is 17.0 Å². The normalized spacial score (nSPS) is 23.7. The molecule has 2 aliphatic heterocycles. The van der Waals surface area contributed by atoms with E-state index in [9.17, 15) is 4.79 Å². The zero-order valence-corrected chi connectivity index (χ0v) is 14.3. The van der Waals surface area contributed by atoms with Crippen LogP contribution in [0.1, 0.15) is 49.9 Å². The largest absolute Gasteiger partial charge is 0.357 e. The number of hydrogen-bond acceptors (Lipinski definition) is 4. The van der Waals surface area contributed by atoms with E-state index in [-0.39, 0.29) is 5.91 Å². The summed E-state index contributed by atoms with van der Waals surface area (Å²) in [7, 11) is 0. The Balaban J connectivity index is 1.67. The first-order valence-corrected chi connectivity index (χ1v) is 8.97. The number of hydrogen-bond donors (Lipinski definition) is 1. The van der Waals surface area contributed by atoms with Gasteiger partial charge < -0.3 is 15.1 Å². The van der Waals surface area contributed by atoms with Crippen LogP contribution < -0.4 is 10.2 Å². The third kappa shape index (κ3) is 3.66. The van der Waals surface area contributed by atoms with Crippen molar-refractivity contribution >= 4 is 11.7 Å². The van der Waals surface area contributed by atoms with Gasteiger partial charge in [-0.2, -0.15) is 0 Å². The van der Waals surface area contributed by atoms with Crippen molar-refractivity contribution in [2.24, 2.45) is 0 Å². The van der Waals surface area contributed by atoms with Crippen LogP contribution in [0.25, 0.3) is 0 Å². The molecule has 0 radical (unpaired) electrons. The highest BCUT2D eigenvalue weighted by Crippen LogP contribution is 2.22. The maximum Gasteiger partial charge on any atom is 0.255 e. The summed E-state index contributed by atoms with van der Waals surface area (Å²) in [4.78, 5) is 21.5. The molecule has 5 nitrogen and oxygen atoms in total. The zero-order valence-electron chi connectivity index (χ0n) is 14.3. The molecule has 1 aromatic rings. The molecule has 0 saturated carbocycles. The molecular formula is C18H28N4O. The lowest BCUT2D eigenvalue weighted by Gasteiger charge is -2.25. The number of carbonyl (C=O) groups excluding carboxylic acids is 1. The fourth-order valence-corrected chi connectivity index (χ4v) is 3.71. The summed E-state index contributed by atoms with van der Waals surface area (Å²) < 4.78 is 0. The number of amides is 1. The monoisotopic (exact) mass is 316 g/mol. The lowest BCUT2D eigenvalue weighted by molar-refractivity contribution is 0.0748. The van der Waals surface area contributed by atoms with E-state index in [0.29, 0.717) is 17.6 Å². The number of rotatable bonds is 5. The zero-order chi connectivity index (χ0) is 16.2. The Morgan fingerprint density at radius 2 is 2.13 bits per heavy atom. The molecule has 1 amide bonds. The number of nitrogens with zero attached hydrogens (tertiary/aromatic N) is 3. The quantitative estimate of drug-likeness (QED) is 0.905. The van der Waals surface area contributed by atoms with E-state index in [1.54, 1.807) is 6.20 Å². The van der Waals surface area contributed by atoms with E-state index in [1.165, 1.54) is 12.8 Å². The molecule has 3 rings (SSSR count). The number of pyridine rings is 1. The molecule has 2 saturated heterocycles. The first-order chi connectivity index (χ1) is 11.2. The highest BCUT2D eigenvalue weighted by atomic mass is 16.2. The summed E-state index contributed by atoms with van der Waals surface area (Å²) >= 11 is 0. The van der Waals surface area contributed by atoms with Gasteiger partial charge in [0.2, 0.25) is 0 Å². The molecule has 1 aromatic heterocycles. The van der Waals surface area contributed by atoms with Crippen molar-refractivity contribution < 1.29 is 4.79 Å². The third-order valence-corrected chi connectivity index (χ3v) is 5.00. The molecule has 2 unspecified atom stereocenters. The van der Waals surface area contributed by atoms with Crippen molar-refractivity contribution in [1.29, 1.82) is 0 Å². The van der Waals surface area contributed by atoms with Crippen molar-refractivity contribution in [2.45, 2.75) is 51.6 Å². The maximum absolute atomic E-state index is 12.7. The highest BCUT2D eigenvalue weighted by molar-refractivity contribution is 5.94. The Bertz CT molecular complexity index is 530. The summed E-state index contributed by atoms with van der Waals surface area (Å²) in [5.41, 5.74) is 0.707. The number of aromatic nitrogens is 1. The van der Waals surface area contributed by atoms with Crippen LogP contribution in [-0.2, 0) is 0 Å². The van der Waals surface area contributed by atoms with Crippen LogP contribution in [0.5, 0.6) is 0 Å². The lowest BCUT2D eigenvalue weighted by atomic mass is 10.1. The molecule has 2 fully saturated rings. The molecule has 23 heavy (non-hydrogen) atoms. The summed E-state index contributed by atoms with van der Waals surface area (Å²) in [6, 6.07) is 4.98. The molecule has 2 bridgehead atoms. The molecule has 3 heterocycles. The lowest BCUT2D eigenvalue weighted by Crippen LogP contribution is -2.39. The van der Waals surface area contributed by atoms with Gasteiger partial charge in [0.15, 0.2) is 0 Å². The van der Waals surface area contributed by atoms with Crippen LogP contribution in [0.2, 0.25) is 0 Å². The second-order valence-corrected chi connectivity index (χ2v) is 6.66. The van der Waals surface area contributed by atoms with E-state index in [0.717, 1.165) is 44.8 Å². The number of anilines is 1. The van der Waals surface area contributed by atoms with Gasteiger partial charge in [-0.1, -0.05) is 6.92 Å². The second-order valence-electron chi connectivity index (χ2n) is 6.66. The van der Waals surface area contributed by atoms with Gasteiger partial charge in [0.05, 0.1) is 5.56 Å². The van der Waals surface area contributed by atoms with Crippen molar-refractivity contribution in [3.05, 3.63) is 23.9 Å². The van der Waals surface area contributed by atoms with Crippen molar-refractivity contribution in [1.82, 2.24) is 15.2 Å². The predicted octanol–water partition coefficient (Wildman–Crippen LogP) is 2.28. The van der Waals surface area contributed by atoms with Gasteiger partial charge in [-0.05, 0) is 44.7 Å². The molecule has 0 aliphatic carbocycles. The van der Waals surface area contributed by atoms with Gasteiger partial charge in [0, 0.05) is 44.5 Å². The topological polar surface area (TPSA) is 48.5 Å². The first kappa shape index (κ1) is 16.2. The minimum Gasteiger partial charge on any atom is -0.357 e. The number of carbonyl (C=O) groups is 1. The van der Waals surface area contributed by atoms with Crippen LogP contribution in [0, 0.1) is 0 Å². The molecule has 0 aromatic carbocycles. The molecule has 0 spiro atoms. The molecule has 126 valence electrons. The Labute approximate surface area is 139 Å². The predicted molar refractivity (Wildman–Crippen MR) is 92.9 cm³/mol. The van der Waals surface area contributed by atoms with Gasteiger partial charge >= 0.3 is 0 Å². The van der Waals surface area contributed by atoms with E-state index >= 15 is 0 Å². The Hall–Kier alpha value is -1.62. The van der Waals surface area contributed by atoms with Gasteiger partial charge in [-0.25, -0.2) is 4.98 Å². The fourth-order valence-electron chi connectivity index (χ4n) is 3.71. The highest BCUT2D eigenvalue weighted by Gasteiger charge is 2.31. The smallest absolute Gasteiger partial charge is 0.255 e. The second kappa shape index (κ2) is 7.30.